The molecule has 0 fully saturated rings. The molecule has 1 aromatic carbocycles. The van der Waals surface area contributed by atoms with Gasteiger partial charge in [0, 0.05) is 25.5 Å². The Bertz CT molecular complexity index is 1060. The summed E-state index contributed by atoms with van der Waals surface area (Å²) in [5.41, 5.74) is 0.771. The van der Waals surface area contributed by atoms with Crippen molar-refractivity contribution < 1.29 is 8.42 Å². The second-order valence-electron chi connectivity index (χ2n) is 5.76. The van der Waals surface area contributed by atoms with Gasteiger partial charge in [-0.1, -0.05) is 23.2 Å². The molecule has 1 N–H and O–H groups in total. The van der Waals surface area contributed by atoms with Crippen LogP contribution in [0.1, 0.15) is 13.8 Å². The third-order valence-electron chi connectivity index (χ3n) is 3.37. The van der Waals surface area contributed by atoms with Crippen molar-refractivity contribution in [1.29, 1.82) is 0 Å². The van der Waals surface area contributed by atoms with Gasteiger partial charge in [0.25, 0.3) is 9.84 Å². The first kappa shape index (κ1) is 17.9. The van der Waals surface area contributed by atoms with Crippen LogP contribution in [0.15, 0.2) is 34.7 Å². The summed E-state index contributed by atoms with van der Waals surface area (Å²) in [5, 5.41) is 3.29. The average molecular weight is 400 g/mol. The minimum Gasteiger partial charge on any atom is -0.365 e. The minimum absolute atomic E-state index is 0.0511. The summed E-state index contributed by atoms with van der Waals surface area (Å²) in [7, 11) is -2.38. The van der Waals surface area contributed by atoms with Crippen LogP contribution in [0.25, 0.3) is 11.0 Å². The summed E-state index contributed by atoms with van der Waals surface area (Å²) >= 11 is 12.0. The van der Waals surface area contributed by atoms with Crippen LogP contribution in [0.2, 0.25) is 10.0 Å². The summed E-state index contributed by atoms with van der Waals surface area (Å²) in [4.78, 5) is 12.6. The minimum atomic E-state index is -3.98. The zero-order valence-electron chi connectivity index (χ0n) is 13.7. The highest BCUT2D eigenvalue weighted by Gasteiger charge is 2.29. The lowest BCUT2D eigenvalue weighted by Crippen LogP contribution is -2.18. The second-order valence-corrected chi connectivity index (χ2v) is 8.33. The van der Waals surface area contributed by atoms with Gasteiger partial charge < -0.3 is 9.88 Å². The molecule has 3 aromatic rings. The highest BCUT2D eigenvalue weighted by Crippen LogP contribution is 2.30. The maximum atomic E-state index is 13.0. The van der Waals surface area contributed by atoms with Crippen LogP contribution in [-0.2, 0) is 16.9 Å². The molecule has 0 atom stereocenters. The number of rotatable bonds is 4. The smallest absolute Gasteiger partial charge is 0.261 e. The summed E-state index contributed by atoms with van der Waals surface area (Å²) in [6.45, 7) is 3.75. The molecule has 25 heavy (non-hydrogen) atoms. The Morgan fingerprint density at radius 2 is 1.72 bits per heavy atom. The lowest BCUT2D eigenvalue weighted by Gasteiger charge is -2.14. The van der Waals surface area contributed by atoms with Gasteiger partial charge in [0.05, 0.1) is 21.1 Å². The van der Waals surface area contributed by atoms with Crippen LogP contribution in [0.5, 0.6) is 0 Å². The normalized spacial score (nSPS) is 12.1. The zero-order valence-corrected chi connectivity index (χ0v) is 16.0. The van der Waals surface area contributed by atoms with E-state index in [2.05, 4.69) is 20.3 Å². The number of benzene rings is 1. The Labute approximate surface area is 154 Å². The first-order valence-corrected chi connectivity index (χ1v) is 9.60. The van der Waals surface area contributed by atoms with E-state index in [1.54, 1.807) is 19.3 Å². The number of hydrogen-bond donors (Lipinski definition) is 1. The van der Waals surface area contributed by atoms with Crippen LogP contribution in [0.4, 0.5) is 5.82 Å². The van der Waals surface area contributed by atoms with Crippen LogP contribution in [0, 0.1) is 0 Å². The predicted molar refractivity (Wildman–Crippen MR) is 97.0 cm³/mol. The van der Waals surface area contributed by atoms with Gasteiger partial charge in [-0.3, -0.25) is 0 Å². The van der Waals surface area contributed by atoms with Crippen molar-refractivity contribution in [3.63, 3.8) is 0 Å². The van der Waals surface area contributed by atoms with E-state index in [1.165, 1.54) is 16.8 Å². The summed E-state index contributed by atoms with van der Waals surface area (Å²) < 4.78 is 27.5. The SMILES string of the molecule is CC(C)Nc1nc2cc(Cl)c(Cl)cc2nc1S(=O)(=O)c1nccn1C. The fourth-order valence-corrected chi connectivity index (χ4v) is 3.99. The van der Waals surface area contributed by atoms with Gasteiger partial charge in [0.15, 0.2) is 5.82 Å². The highest BCUT2D eigenvalue weighted by atomic mass is 35.5. The number of sulfone groups is 1. The topological polar surface area (TPSA) is 89.8 Å². The van der Waals surface area contributed by atoms with Crippen LogP contribution < -0.4 is 5.32 Å². The van der Waals surface area contributed by atoms with Crippen molar-refractivity contribution in [3.05, 3.63) is 34.6 Å². The van der Waals surface area contributed by atoms with Crippen LogP contribution in [0.3, 0.4) is 0 Å². The first-order chi connectivity index (χ1) is 11.7. The van der Waals surface area contributed by atoms with E-state index < -0.39 is 9.84 Å². The fourth-order valence-electron chi connectivity index (χ4n) is 2.29. The molecule has 7 nitrogen and oxygen atoms in total. The molecule has 0 saturated carbocycles. The Morgan fingerprint density at radius 3 is 2.24 bits per heavy atom. The van der Waals surface area contributed by atoms with Crippen molar-refractivity contribution >= 4 is 49.9 Å². The summed E-state index contributed by atoms with van der Waals surface area (Å²) in [5.74, 6) is 0.142. The maximum absolute atomic E-state index is 13.0. The number of fused-ring (bicyclic) bond motifs is 1. The number of imidazole rings is 1. The summed E-state index contributed by atoms with van der Waals surface area (Å²) in [6, 6.07) is 2.99. The zero-order chi connectivity index (χ0) is 18.4. The van der Waals surface area contributed by atoms with Crippen molar-refractivity contribution in [1.82, 2.24) is 19.5 Å². The third kappa shape index (κ3) is 3.29. The number of aryl methyl sites for hydroxylation is 1. The van der Waals surface area contributed by atoms with E-state index in [0.717, 1.165) is 0 Å². The number of nitrogens with one attached hydrogen (secondary N) is 1. The van der Waals surface area contributed by atoms with Crippen LogP contribution >= 0.6 is 23.2 Å². The standard InChI is InChI=1S/C15H15Cl2N5O2S/c1-8(2)19-13-14(25(23,24)15-18-4-5-22(15)3)21-12-7-10(17)9(16)6-11(12)20-13/h4-8H,1-3H3,(H,19,20). The number of halogens is 2. The Balaban J connectivity index is 2.31. The van der Waals surface area contributed by atoms with E-state index in [4.69, 9.17) is 23.2 Å². The third-order valence-corrected chi connectivity index (χ3v) is 5.76. The molecule has 0 aliphatic heterocycles. The lowest BCUT2D eigenvalue weighted by molar-refractivity contribution is 0.575. The molecule has 0 bridgehead atoms. The number of hydrogen-bond acceptors (Lipinski definition) is 6. The molecular formula is C15H15Cl2N5O2S. The number of anilines is 1. The van der Waals surface area contributed by atoms with Gasteiger partial charge >= 0.3 is 0 Å². The Kier molecular flexibility index (Phi) is 4.61. The number of aromatic nitrogens is 4. The maximum Gasteiger partial charge on any atom is 0.261 e. The van der Waals surface area contributed by atoms with E-state index >= 15 is 0 Å². The second kappa shape index (κ2) is 6.44. The lowest BCUT2D eigenvalue weighted by atomic mass is 10.3. The van der Waals surface area contributed by atoms with Crippen LogP contribution in [-0.4, -0.2) is 34.0 Å². The first-order valence-electron chi connectivity index (χ1n) is 7.36. The van der Waals surface area contributed by atoms with Crippen molar-refractivity contribution in [2.45, 2.75) is 30.1 Å². The van der Waals surface area contributed by atoms with Gasteiger partial charge in [-0.05, 0) is 26.0 Å². The average Bonchev–Trinajstić information content (AvgIpc) is 2.94. The molecule has 2 aromatic heterocycles. The molecule has 0 saturated heterocycles. The van der Waals surface area contributed by atoms with Crippen molar-refractivity contribution in [3.8, 4) is 0 Å². The Hall–Kier alpha value is -1.90. The molecule has 0 amide bonds. The van der Waals surface area contributed by atoms with Gasteiger partial charge in [-0.25, -0.2) is 23.4 Å². The molecular weight excluding hydrogens is 385 g/mol. The monoisotopic (exact) mass is 399 g/mol. The summed E-state index contributed by atoms with van der Waals surface area (Å²) in [6.07, 6.45) is 2.96. The van der Waals surface area contributed by atoms with Gasteiger partial charge in [0.2, 0.25) is 10.2 Å². The fraction of sp³-hybridized carbons (Fsp3) is 0.267. The molecule has 0 unspecified atom stereocenters. The molecule has 0 aliphatic carbocycles. The molecule has 3 rings (SSSR count). The van der Waals surface area contributed by atoms with Crippen molar-refractivity contribution in [2.75, 3.05) is 5.32 Å². The molecule has 0 radical (unpaired) electrons. The molecule has 2 heterocycles. The predicted octanol–water partition coefficient (Wildman–Crippen LogP) is 3.32. The van der Waals surface area contributed by atoms with E-state index in [9.17, 15) is 8.42 Å². The molecule has 0 aliphatic rings. The van der Waals surface area contributed by atoms with E-state index in [1.807, 2.05) is 13.8 Å². The Morgan fingerprint density at radius 1 is 1.12 bits per heavy atom. The van der Waals surface area contributed by atoms with E-state index in [0.29, 0.717) is 16.1 Å². The van der Waals surface area contributed by atoms with E-state index in [-0.39, 0.29) is 27.1 Å². The highest BCUT2D eigenvalue weighted by molar-refractivity contribution is 7.91. The van der Waals surface area contributed by atoms with Gasteiger partial charge in [-0.15, -0.1) is 0 Å². The van der Waals surface area contributed by atoms with Gasteiger partial charge in [0.1, 0.15) is 0 Å². The van der Waals surface area contributed by atoms with Gasteiger partial charge in [-0.2, -0.15) is 0 Å². The molecule has 132 valence electrons. The molecule has 10 heteroatoms. The number of nitrogens with zero attached hydrogens (tertiary/aromatic N) is 4. The largest absolute Gasteiger partial charge is 0.365 e. The van der Waals surface area contributed by atoms with Crippen molar-refractivity contribution in [2.24, 2.45) is 7.05 Å². The molecule has 0 spiro atoms. The quantitative estimate of drug-likeness (QED) is 0.723.